The fourth-order valence-electron chi connectivity index (χ4n) is 5.19. The van der Waals surface area contributed by atoms with Crippen molar-refractivity contribution in [2.24, 2.45) is 0 Å². The van der Waals surface area contributed by atoms with Crippen LogP contribution in [0.1, 0.15) is 47.8 Å². The number of phenolic OH excluding ortho intramolecular Hbond substituents is 1. The molecule has 1 heterocycles. The predicted molar refractivity (Wildman–Crippen MR) is 146 cm³/mol. The van der Waals surface area contributed by atoms with Crippen LogP contribution in [0.5, 0.6) is 28.7 Å². The first-order chi connectivity index (χ1) is 18.5. The molecule has 3 aromatic carbocycles. The Balaban J connectivity index is 1.65. The van der Waals surface area contributed by atoms with Crippen LogP contribution < -0.4 is 18.9 Å². The zero-order valence-electron chi connectivity index (χ0n) is 22.2. The summed E-state index contributed by atoms with van der Waals surface area (Å²) < 4.78 is 22.0. The van der Waals surface area contributed by atoms with Crippen molar-refractivity contribution in [3.8, 4) is 28.7 Å². The van der Waals surface area contributed by atoms with Gasteiger partial charge in [0.2, 0.25) is 5.91 Å². The topological polar surface area (TPSA) is 77.5 Å². The number of ether oxygens (including phenoxy) is 4. The van der Waals surface area contributed by atoms with Gasteiger partial charge in [-0.1, -0.05) is 43.0 Å². The van der Waals surface area contributed by atoms with Gasteiger partial charge < -0.3 is 29.0 Å². The van der Waals surface area contributed by atoms with Crippen molar-refractivity contribution in [1.82, 2.24) is 4.90 Å². The summed E-state index contributed by atoms with van der Waals surface area (Å²) in [5.74, 6) is 1.84. The molecule has 0 saturated carbocycles. The lowest BCUT2D eigenvalue weighted by molar-refractivity contribution is -0.132. The number of piperidine rings is 1. The van der Waals surface area contributed by atoms with Crippen LogP contribution in [-0.2, 0) is 4.79 Å². The summed E-state index contributed by atoms with van der Waals surface area (Å²) in [6.07, 6.45) is 3.30. The van der Waals surface area contributed by atoms with Crippen molar-refractivity contribution in [2.45, 2.75) is 31.1 Å². The molecule has 1 amide bonds. The standard InChI is InChI=1S/C31H35NO6/c1-5-38-28-17-23(11-12-27(28)36-3)25(31-26(33)18-24(35-2)19-29(31)37-4)20-30(34)32-15-13-22(14-16-32)21-9-7-6-8-10-21/h5-12,17-19,22,25,33H,1,13-16,20H2,2-4H3. The highest BCUT2D eigenvalue weighted by Crippen LogP contribution is 2.45. The highest BCUT2D eigenvalue weighted by atomic mass is 16.5. The largest absolute Gasteiger partial charge is 0.507 e. The second-order valence-electron chi connectivity index (χ2n) is 9.28. The third-order valence-corrected chi connectivity index (χ3v) is 7.20. The first-order valence-electron chi connectivity index (χ1n) is 12.7. The third-order valence-electron chi connectivity index (χ3n) is 7.20. The van der Waals surface area contributed by atoms with E-state index in [1.54, 1.807) is 19.2 Å². The third kappa shape index (κ3) is 5.88. The van der Waals surface area contributed by atoms with Crippen molar-refractivity contribution in [3.63, 3.8) is 0 Å². The number of hydrogen-bond donors (Lipinski definition) is 1. The molecule has 0 radical (unpaired) electrons. The molecule has 1 N–H and O–H groups in total. The van der Waals surface area contributed by atoms with Crippen LogP contribution in [0.4, 0.5) is 0 Å². The average molecular weight is 518 g/mol. The van der Waals surface area contributed by atoms with Gasteiger partial charge in [-0.05, 0) is 42.0 Å². The molecule has 1 aliphatic rings. The van der Waals surface area contributed by atoms with Crippen LogP contribution in [0.3, 0.4) is 0 Å². The van der Waals surface area contributed by atoms with E-state index in [1.165, 1.54) is 32.1 Å². The molecule has 4 rings (SSSR count). The molecule has 0 spiro atoms. The maximum absolute atomic E-state index is 13.7. The minimum absolute atomic E-state index is 0.0104. The molecular formula is C31H35NO6. The fourth-order valence-corrected chi connectivity index (χ4v) is 5.19. The first-order valence-corrected chi connectivity index (χ1v) is 12.7. The van der Waals surface area contributed by atoms with E-state index >= 15 is 0 Å². The summed E-state index contributed by atoms with van der Waals surface area (Å²) in [5, 5.41) is 11.1. The zero-order chi connectivity index (χ0) is 27.1. The van der Waals surface area contributed by atoms with Crippen LogP contribution in [0, 0.1) is 0 Å². The van der Waals surface area contributed by atoms with Crippen LogP contribution in [-0.4, -0.2) is 50.3 Å². The van der Waals surface area contributed by atoms with E-state index in [4.69, 9.17) is 18.9 Å². The van der Waals surface area contributed by atoms with Gasteiger partial charge in [-0.2, -0.15) is 0 Å². The van der Waals surface area contributed by atoms with Gasteiger partial charge in [0.1, 0.15) is 17.2 Å². The molecule has 1 saturated heterocycles. The second kappa shape index (κ2) is 12.4. The number of phenols is 1. The van der Waals surface area contributed by atoms with E-state index in [0.29, 0.717) is 47.6 Å². The summed E-state index contributed by atoms with van der Waals surface area (Å²) >= 11 is 0. The Morgan fingerprint density at radius 3 is 2.32 bits per heavy atom. The first kappa shape index (κ1) is 26.9. The fraction of sp³-hybridized carbons (Fsp3) is 0.323. The average Bonchev–Trinajstić information content (AvgIpc) is 2.96. The molecule has 7 heteroatoms. The Hall–Kier alpha value is -4.13. The van der Waals surface area contributed by atoms with E-state index in [0.717, 1.165) is 18.4 Å². The minimum atomic E-state index is -0.506. The number of carbonyl (C=O) groups is 1. The molecule has 7 nitrogen and oxygen atoms in total. The number of benzene rings is 3. The second-order valence-corrected chi connectivity index (χ2v) is 9.28. The Morgan fingerprint density at radius 2 is 1.68 bits per heavy atom. The molecular weight excluding hydrogens is 482 g/mol. The minimum Gasteiger partial charge on any atom is -0.507 e. The summed E-state index contributed by atoms with van der Waals surface area (Å²) in [6, 6.07) is 19.2. The molecule has 1 fully saturated rings. The molecule has 3 aromatic rings. The number of rotatable bonds is 10. The molecule has 200 valence electrons. The van der Waals surface area contributed by atoms with E-state index in [2.05, 4.69) is 30.8 Å². The van der Waals surface area contributed by atoms with Gasteiger partial charge in [-0.25, -0.2) is 0 Å². The molecule has 1 atom stereocenters. The number of amides is 1. The molecule has 1 aliphatic heterocycles. The number of hydrogen-bond acceptors (Lipinski definition) is 6. The van der Waals surface area contributed by atoms with E-state index in [1.807, 2.05) is 23.1 Å². The number of nitrogens with zero attached hydrogens (tertiary/aromatic N) is 1. The van der Waals surface area contributed by atoms with Gasteiger partial charge in [-0.3, -0.25) is 4.79 Å². The Kier molecular flexibility index (Phi) is 8.79. The monoisotopic (exact) mass is 517 g/mol. The molecule has 0 bridgehead atoms. The van der Waals surface area contributed by atoms with Gasteiger partial charge in [0.25, 0.3) is 0 Å². The van der Waals surface area contributed by atoms with Crippen molar-refractivity contribution >= 4 is 5.91 Å². The molecule has 1 unspecified atom stereocenters. The normalized spacial score (nSPS) is 14.4. The highest BCUT2D eigenvalue weighted by molar-refractivity contribution is 5.78. The maximum Gasteiger partial charge on any atom is 0.223 e. The van der Waals surface area contributed by atoms with Crippen molar-refractivity contribution in [2.75, 3.05) is 34.4 Å². The summed E-state index contributed by atoms with van der Waals surface area (Å²) in [4.78, 5) is 15.6. The number of methoxy groups -OCH3 is 3. The van der Waals surface area contributed by atoms with E-state index < -0.39 is 5.92 Å². The lowest BCUT2D eigenvalue weighted by Gasteiger charge is -2.33. The Bertz CT molecular complexity index is 1250. The van der Waals surface area contributed by atoms with E-state index in [-0.39, 0.29) is 18.1 Å². The number of aromatic hydroxyl groups is 1. The lowest BCUT2D eigenvalue weighted by Crippen LogP contribution is -2.38. The Morgan fingerprint density at radius 1 is 0.974 bits per heavy atom. The summed E-state index contributed by atoms with van der Waals surface area (Å²) in [5.41, 5.74) is 2.60. The molecule has 0 aliphatic carbocycles. The molecule has 0 aromatic heterocycles. The van der Waals surface area contributed by atoms with Crippen LogP contribution >= 0.6 is 0 Å². The quantitative estimate of drug-likeness (QED) is 0.339. The van der Waals surface area contributed by atoms with Gasteiger partial charge in [-0.15, -0.1) is 0 Å². The van der Waals surface area contributed by atoms with Gasteiger partial charge >= 0.3 is 0 Å². The smallest absolute Gasteiger partial charge is 0.223 e. The van der Waals surface area contributed by atoms with Crippen molar-refractivity contribution < 1.29 is 28.8 Å². The number of likely N-dealkylation sites (tertiary alicyclic amines) is 1. The van der Waals surface area contributed by atoms with Gasteiger partial charge in [0.05, 0.1) is 27.6 Å². The Labute approximate surface area is 224 Å². The van der Waals surface area contributed by atoms with Crippen LogP contribution in [0.2, 0.25) is 0 Å². The highest BCUT2D eigenvalue weighted by Gasteiger charge is 2.30. The SMILES string of the molecule is C=COc1cc(C(CC(=O)N2CCC(c3ccccc3)CC2)c2c(O)cc(OC)cc2OC)ccc1OC. The predicted octanol–water partition coefficient (Wildman–Crippen LogP) is 5.87. The van der Waals surface area contributed by atoms with Crippen molar-refractivity contribution in [1.29, 1.82) is 0 Å². The van der Waals surface area contributed by atoms with E-state index in [9.17, 15) is 9.90 Å². The maximum atomic E-state index is 13.7. The molecule has 38 heavy (non-hydrogen) atoms. The van der Waals surface area contributed by atoms with Crippen LogP contribution in [0.15, 0.2) is 73.5 Å². The number of carbonyl (C=O) groups excluding carboxylic acids is 1. The zero-order valence-corrected chi connectivity index (χ0v) is 22.2. The van der Waals surface area contributed by atoms with Crippen LogP contribution in [0.25, 0.3) is 0 Å². The lowest BCUT2D eigenvalue weighted by atomic mass is 9.85. The summed E-state index contributed by atoms with van der Waals surface area (Å²) in [7, 11) is 4.62. The van der Waals surface area contributed by atoms with Gasteiger partial charge in [0.15, 0.2) is 11.5 Å². The summed E-state index contributed by atoms with van der Waals surface area (Å²) in [6.45, 7) is 5.02. The van der Waals surface area contributed by atoms with Gasteiger partial charge in [0, 0.05) is 43.1 Å². The van der Waals surface area contributed by atoms with Crippen molar-refractivity contribution in [3.05, 3.63) is 90.2 Å².